The molecule has 1 aromatic heterocycles. The van der Waals surface area contributed by atoms with Gasteiger partial charge in [-0.05, 0) is 87.4 Å². The number of amides is 3. The van der Waals surface area contributed by atoms with Crippen molar-refractivity contribution in [2.75, 3.05) is 30.9 Å². The van der Waals surface area contributed by atoms with E-state index in [-0.39, 0.29) is 11.6 Å². The Balaban J connectivity index is 1.62. The van der Waals surface area contributed by atoms with E-state index < -0.39 is 35.4 Å². The minimum absolute atomic E-state index is 0.265. The molecule has 2 aromatic carbocycles. The van der Waals surface area contributed by atoms with Crippen molar-refractivity contribution < 1.29 is 19.1 Å². The summed E-state index contributed by atoms with van der Waals surface area (Å²) in [5, 5.41) is 13.1. The number of hydrogen-bond acceptors (Lipinski definition) is 9. The topological polar surface area (TPSA) is 138 Å². The Morgan fingerprint density at radius 3 is 2.52 bits per heavy atom. The van der Waals surface area contributed by atoms with E-state index in [1.807, 2.05) is 26.8 Å². The van der Waals surface area contributed by atoms with Gasteiger partial charge in [0, 0.05) is 17.1 Å². The fourth-order valence-corrected chi connectivity index (χ4v) is 5.87. The molecule has 0 bridgehead atoms. The lowest BCUT2D eigenvalue weighted by atomic mass is 9.85. The van der Waals surface area contributed by atoms with Crippen LogP contribution >= 0.6 is 0 Å². The highest BCUT2D eigenvalue weighted by Gasteiger charge is 2.42. The van der Waals surface area contributed by atoms with E-state index in [1.165, 1.54) is 29.5 Å². The van der Waals surface area contributed by atoms with Crippen LogP contribution in [0.4, 0.5) is 17.2 Å². The van der Waals surface area contributed by atoms with E-state index in [0.29, 0.717) is 35.4 Å². The fourth-order valence-electron chi connectivity index (χ4n) is 5.87. The third kappa shape index (κ3) is 6.39. The number of methoxy groups -OCH3 is 1. The zero-order valence-corrected chi connectivity index (χ0v) is 26.4. The van der Waals surface area contributed by atoms with Crippen LogP contribution in [-0.2, 0) is 27.2 Å². The first kappa shape index (κ1) is 31.3. The summed E-state index contributed by atoms with van der Waals surface area (Å²) in [6, 6.07) is 7.68. The molecule has 234 valence electrons. The molecule has 0 spiro atoms. The zero-order valence-electron chi connectivity index (χ0n) is 26.4. The lowest BCUT2D eigenvalue weighted by Crippen LogP contribution is -2.60. The number of likely N-dealkylation sites (N-methyl/N-ethyl adjacent to an activating group) is 1. The van der Waals surface area contributed by atoms with Crippen LogP contribution in [-0.4, -0.2) is 66.5 Å². The third-order valence-electron chi connectivity index (χ3n) is 8.56. The first-order valence-electron chi connectivity index (χ1n) is 15.3. The van der Waals surface area contributed by atoms with Crippen molar-refractivity contribution in [3.05, 3.63) is 47.8 Å². The molecular formula is C33H43N7O4. The summed E-state index contributed by atoms with van der Waals surface area (Å²) in [7, 11) is 3.17. The van der Waals surface area contributed by atoms with Gasteiger partial charge >= 0.3 is 0 Å². The van der Waals surface area contributed by atoms with Crippen molar-refractivity contribution in [1.29, 1.82) is 0 Å². The molecule has 2 heterocycles. The molecule has 44 heavy (non-hydrogen) atoms. The SMILES string of the molecule is CN[C@@H](C)C(=O)N[C@H](C(=O)N(C(=O)[C@@H]1CCCN1)c1cc2c(Nc3ccc4c(c3)CCC4)ncnc2cc1OC)C(C)(C)C. The number of imide groups is 1. The summed E-state index contributed by atoms with van der Waals surface area (Å²) in [6.07, 6.45) is 6.17. The fraction of sp³-hybridized carbons (Fsp3) is 0.485. The van der Waals surface area contributed by atoms with Crippen LogP contribution in [0.3, 0.4) is 0 Å². The number of benzene rings is 2. The highest BCUT2D eigenvalue weighted by Crippen LogP contribution is 2.38. The van der Waals surface area contributed by atoms with E-state index in [9.17, 15) is 14.4 Å². The van der Waals surface area contributed by atoms with Gasteiger partial charge in [-0.3, -0.25) is 14.4 Å². The Morgan fingerprint density at radius 2 is 1.84 bits per heavy atom. The Morgan fingerprint density at radius 1 is 1.07 bits per heavy atom. The van der Waals surface area contributed by atoms with Crippen LogP contribution in [0, 0.1) is 5.41 Å². The van der Waals surface area contributed by atoms with Gasteiger partial charge in [-0.15, -0.1) is 0 Å². The van der Waals surface area contributed by atoms with Crippen molar-refractivity contribution in [3.63, 3.8) is 0 Å². The number of hydrogen-bond donors (Lipinski definition) is 4. The summed E-state index contributed by atoms with van der Waals surface area (Å²) in [4.78, 5) is 52.0. The number of carbonyl (C=O) groups excluding carboxylic acids is 3. The smallest absolute Gasteiger partial charge is 0.257 e. The van der Waals surface area contributed by atoms with Gasteiger partial charge in [-0.2, -0.15) is 0 Å². The number of ether oxygens (including phenoxy) is 1. The third-order valence-corrected chi connectivity index (χ3v) is 8.56. The first-order chi connectivity index (χ1) is 21.0. The molecule has 1 aliphatic heterocycles. The molecule has 5 rings (SSSR count). The van der Waals surface area contributed by atoms with Gasteiger partial charge in [-0.1, -0.05) is 26.8 Å². The maximum Gasteiger partial charge on any atom is 0.257 e. The molecule has 0 radical (unpaired) electrons. The van der Waals surface area contributed by atoms with E-state index in [1.54, 1.807) is 26.1 Å². The van der Waals surface area contributed by atoms with E-state index in [2.05, 4.69) is 43.4 Å². The van der Waals surface area contributed by atoms with Gasteiger partial charge in [0.05, 0.1) is 30.4 Å². The Labute approximate surface area is 258 Å². The van der Waals surface area contributed by atoms with Gasteiger partial charge in [0.15, 0.2) is 0 Å². The van der Waals surface area contributed by atoms with Crippen molar-refractivity contribution in [2.24, 2.45) is 5.41 Å². The number of nitrogens with zero attached hydrogens (tertiary/aromatic N) is 3. The van der Waals surface area contributed by atoms with Crippen molar-refractivity contribution >= 4 is 45.8 Å². The van der Waals surface area contributed by atoms with Crippen molar-refractivity contribution in [3.8, 4) is 5.75 Å². The molecule has 2 aliphatic rings. The predicted octanol–water partition coefficient (Wildman–Crippen LogP) is 3.62. The second-order valence-electron chi connectivity index (χ2n) is 12.7. The number of rotatable bonds is 9. The van der Waals surface area contributed by atoms with Gasteiger partial charge in [0.2, 0.25) is 5.91 Å². The van der Waals surface area contributed by atoms with Crippen LogP contribution in [0.1, 0.15) is 58.1 Å². The second-order valence-corrected chi connectivity index (χ2v) is 12.7. The van der Waals surface area contributed by atoms with Crippen LogP contribution < -0.4 is 30.9 Å². The largest absolute Gasteiger partial charge is 0.494 e. The van der Waals surface area contributed by atoms with Crippen molar-refractivity contribution in [1.82, 2.24) is 25.9 Å². The molecule has 1 saturated heterocycles. The predicted molar refractivity (Wildman–Crippen MR) is 171 cm³/mol. The van der Waals surface area contributed by atoms with Gasteiger partial charge in [0.25, 0.3) is 11.8 Å². The minimum Gasteiger partial charge on any atom is -0.494 e. The highest BCUT2D eigenvalue weighted by atomic mass is 16.5. The first-order valence-corrected chi connectivity index (χ1v) is 15.3. The van der Waals surface area contributed by atoms with Crippen molar-refractivity contribution in [2.45, 2.75) is 77.9 Å². The molecule has 3 aromatic rings. The highest BCUT2D eigenvalue weighted by molar-refractivity contribution is 6.20. The number of aromatic nitrogens is 2. The monoisotopic (exact) mass is 601 g/mol. The normalized spacial score (nSPS) is 17.5. The average Bonchev–Trinajstić information content (AvgIpc) is 3.71. The molecule has 3 atom stereocenters. The Bertz CT molecular complexity index is 1560. The molecule has 11 nitrogen and oxygen atoms in total. The molecule has 0 unspecified atom stereocenters. The van der Waals surface area contributed by atoms with Gasteiger partial charge < -0.3 is 26.0 Å². The number of nitrogens with one attached hydrogen (secondary N) is 4. The molecule has 1 fully saturated rings. The maximum atomic E-state index is 14.6. The van der Waals surface area contributed by atoms with Crippen LogP contribution in [0.25, 0.3) is 10.9 Å². The lowest BCUT2D eigenvalue weighted by molar-refractivity contribution is -0.134. The summed E-state index contributed by atoms with van der Waals surface area (Å²) >= 11 is 0. The second kappa shape index (κ2) is 12.9. The zero-order chi connectivity index (χ0) is 31.6. The number of fused-ring (bicyclic) bond motifs is 2. The minimum atomic E-state index is -1.01. The van der Waals surface area contributed by atoms with E-state index in [0.717, 1.165) is 31.4 Å². The molecule has 4 N–H and O–H groups in total. The number of aryl methyl sites for hydroxylation is 2. The molecule has 1 aliphatic carbocycles. The molecule has 0 saturated carbocycles. The number of anilines is 3. The van der Waals surface area contributed by atoms with Crippen LogP contribution in [0.15, 0.2) is 36.7 Å². The Kier molecular flexibility index (Phi) is 9.17. The van der Waals surface area contributed by atoms with E-state index in [4.69, 9.17) is 4.74 Å². The van der Waals surface area contributed by atoms with Gasteiger partial charge in [0.1, 0.15) is 23.9 Å². The molecule has 11 heteroatoms. The lowest BCUT2D eigenvalue weighted by Gasteiger charge is -2.36. The summed E-state index contributed by atoms with van der Waals surface area (Å²) in [5.41, 5.74) is 3.73. The maximum absolute atomic E-state index is 14.6. The average molecular weight is 602 g/mol. The van der Waals surface area contributed by atoms with E-state index >= 15 is 0 Å². The summed E-state index contributed by atoms with van der Waals surface area (Å²) < 4.78 is 5.76. The summed E-state index contributed by atoms with van der Waals surface area (Å²) in [6.45, 7) is 7.98. The summed E-state index contributed by atoms with van der Waals surface area (Å²) in [5.74, 6) is -0.441. The Hall–Kier alpha value is -4.09. The quantitative estimate of drug-likeness (QED) is 0.290. The van der Waals surface area contributed by atoms with Gasteiger partial charge in [-0.25, -0.2) is 14.9 Å². The standard InChI is InChI=1S/C33H43N7O4/c1-19(34-5)30(41)39-28(33(2,3)4)32(43)40(31(42)24-11-8-14-35-24)26-16-23-25(17-27(26)44-6)36-18-37-29(23)38-22-13-12-20-9-7-10-21(20)15-22/h12-13,15-19,24,28,34-35H,7-11,14H2,1-6H3,(H,39,41)(H,36,37,38)/t19-,24-,28+/m0/s1. The molecule has 3 amide bonds. The molecular weight excluding hydrogens is 558 g/mol. The van der Waals surface area contributed by atoms with Crippen LogP contribution in [0.5, 0.6) is 5.75 Å². The number of carbonyl (C=O) groups is 3. The van der Waals surface area contributed by atoms with Crippen LogP contribution in [0.2, 0.25) is 0 Å².